The van der Waals surface area contributed by atoms with Gasteiger partial charge in [-0.2, -0.15) is 0 Å². The summed E-state index contributed by atoms with van der Waals surface area (Å²) in [5, 5.41) is 0. The summed E-state index contributed by atoms with van der Waals surface area (Å²) in [7, 11) is 0. The largest absolute Gasteiger partial charge is 0.477 e. The molecular formula is C15H14FNO3. The molecule has 0 spiro atoms. The van der Waals surface area contributed by atoms with Crippen LogP contribution in [0.2, 0.25) is 0 Å². The first-order chi connectivity index (χ1) is 9.70. The number of hydrogen-bond donors (Lipinski definition) is 0. The van der Waals surface area contributed by atoms with Crippen LogP contribution in [0.25, 0.3) is 0 Å². The van der Waals surface area contributed by atoms with E-state index in [1.165, 1.54) is 12.1 Å². The molecule has 1 aromatic heterocycles. The second-order valence-corrected chi connectivity index (χ2v) is 3.99. The minimum atomic E-state index is -0.522. The third-order valence-corrected chi connectivity index (χ3v) is 2.56. The maximum absolute atomic E-state index is 12.8. The lowest BCUT2D eigenvalue weighted by molar-refractivity contribution is 0.0467. The minimum absolute atomic E-state index is 0.0690. The van der Waals surface area contributed by atoms with Crippen LogP contribution in [0.5, 0.6) is 5.88 Å². The summed E-state index contributed by atoms with van der Waals surface area (Å²) in [4.78, 5) is 15.9. The van der Waals surface area contributed by atoms with Gasteiger partial charge in [0.05, 0.1) is 6.61 Å². The van der Waals surface area contributed by atoms with Crippen molar-refractivity contribution in [3.63, 3.8) is 0 Å². The second-order valence-electron chi connectivity index (χ2n) is 3.99. The quantitative estimate of drug-likeness (QED) is 0.787. The third kappa shape index (κ3) is 3.54. The zero-order valence-electron chi connectivity index (χ0n) is 11.0. The fraction of sp³-hybridized carbons (Fsp3) is 0.200. The fourth-order valence-corrected chi connectivity index (χ4v) is 1.61. The smallest absolute Gasteiger partial charge is 0.343 e. The summed E-state index contributed by atoms with van der Waals surface area (Å²) in [5.41, 5.74) is 0.984. The molecular weight excluding hydrogens is 261 g/mol. The van der Waals surface area contributed by atoms with Gasteiger partial charge in [0.25, 0.3) is 0 Å². The summed E-state index contributed by atoms with van der Waals surface area (Å²) < 4.78 is 23.2. The van der Waals surface area contributed by atoms with Crippen LogP contribution in [-0.4, -0.2) is 17.6 Å². The Morgan fingerprint density at radius 3 is 2.70 bits per heavy atom. The lowest BCUT2D eigenvalue weighted by Gasteiger charge is -2.08. The Labute approximate surface area is 116 Å². The summed E-state index contributed by atoms with van der Waals surface area (Å²) in [5.74, 6) is -0.601. The van der Waals surface area contributed by atoms with Crippen molar-refractivity contribution in [1.82, 2.24) is 4.98 Å². The number of rotatable bonds is 5. The predicted molar refractivity (Wildman–Crippen MR) is 70.9 cm³/mol. The minimum Gasteiger partial charge on any atom is -0.477 e. The number of benzene rings is 1. The highest BCUT2D eigenvalue weighted by molar-refractivity contribution is 5.91. The van der Waals surface area contributed by atoms with E-state index in [1.54, 1.807) is 30.5 Å². The van der Waals surface area contributed by atoms with E-state index in [-0.39, 0.29) is 23.9 Å². The van der Waals surface area contributed by atoms with Gasteiger partial charge in [0.1, 0.15) is 18.0 Å². The lowest BCUT2D eigenvalue weighted by atomic mass is 10.2. The van der Waals surface area contributed by atoms with Crippen molar-refractivity contribution >= 4 is 5.97 Å². The maximum Gasteiger partial charge on any atom is 0.343 e. The highest BCUT2D eigenvalue weighted by Crippen LogP contribution is 2.16. The van der Waals surface area contributed by atoms with Crippen LogP contribution >= 0.6 is 0 Å². The van der Waals surface area contributed by atoms with Crippen LogP contribution < -0.4 is 4.74 Å². The standard InChI is InChI=1S/C15H14FNO3/c1-2-19-14-13(4-3-9-17-14)15(18)20-10-11-5-7-12(16)8-6-11/h3-9H,2,10H2,1H3. The Morgan fingerprint density at radius 1 is 1.25 bits per heavy atom. The van der Waals surface area contributed by atoms with Crippen LogP contribution in [0.15, 0.2) is 42.6 Å². The highest BCUT2D eigenvalue weighted by Gasteiger charge is 2.14. The Hall–Kier alpha value is -2.43. The molecule has 0 fully saturated rings. The van der Waals surface area contributed by atoms with Crippen molar-refractivity contribution in [2.45, 2.75) is 13.5 Å². The van der Waals surface area contributed by atoms with Gasteiger partial charge in [0.15, 0.2) is 0 Å². The molecule has 0 bridgehead atoms. The molecule has 0 radical (unpaired) electrons. The lowest BCUT2D eigenvalue weighted by Crippen LogP contribution is -2.09. The highest BCUT2D eigenvalue weighted by atomic mass is 19.1. The molecule has 2 rings (SSSR count). The number of pyridine rings is 1. The number of carbonyl (C=O) groups is 1. The Kier molecular flexibility index (Phi) is 4.65. The van der Waals surface area contributed by atoms with Crippen molar-refractivity contribution in [3.05, 3.63) is 59.5 Å². The average Bonchev–Trinajstić information content (AvgIpc) is 2.47. The van der Waals surface area contributed by atoms with Gasteiger partial charge in [-0.1, -0.05) is 12.1 Å². The Bertz CT molecular complexity index is 584. The summed E-state index contributed by atoms with van der Waals surface area (Å²) in [6.07, 6.45) is 1.54. The zero-order valence-corrected chi connectivity index (χ0v) is 11.0. The molecule has 0 aliphatic rings. The SMILES string of the molecule is CCOc1ncccc1C(=O)OCc1ccc(F)cc1. The van der Waals surface area contributed by atoms with E-state index in [0.29, 0.717) is 12.2 Å². The van der Waals surface area contributed by atoms with E-state index in [9.17, 15) is 9.18 Å². The van der Waals surface area contributed by atoms with Crippen molar-refractivity contribution in [1.29, 1.82) is 0 Å². The molecule has 0 atom stereocenters. The van der Waals surface area contributed by atoms with Gasteiger partial charge in [-0.15, -0.1) is 0 Å². The number of ether oxygens (including phenoxy) is 2. The van der Waals surface area contributed by atoms with E-state index in [4.69, 9.17) is 9.47 Å². The molecule has 0 unspecified atom stereocenters. The van der Waals surface area contributed by atoms with E-state index in [1.807, 2.05) is 6.92 Å². The van der Waals surface area contributed by atoms with Crippen LogP contribution in [0.4, 0.5) is 4.39 Å². The Morgan fingerprint density at radius 2 is 2.00 bits per heavy atom. The van der Waals surface area contributed by atoms with Crippen molar-refractivity contribution < 1.29 is 18.7 Å². The third-order valence-electron chi connectivity index (χ3n) is 2.56. The van der Waals surface area contributed by atoms with E-state index < -0.39 is 5.97 Å². The van der Waals surface area contributed by atoms with Crippen LogP contribution in [0.1, 0.15) is 22.8 Å². The molecule has 0 amide bonds. The van der Waals surface area contributed by atoms with Gasteiger partial charge in [0, 0.05) is 6.20 Å². The van der Waals surface area contributed by atoms with E-state index in [2.05, 4.69) is 4.98 Å². The molecule has 1 aromatic carbocycles. The molecule has 0 saturated carbocycles. The van der Waals surface area contributed by atoms with E-state index in [0.717, 1.165) is 0 Å². The van der Waals surface area contributed by atoms with E-state index >= 15 is 0 Å². The topological polar surface area (TPSA) is 48.4 Å². The van der Waals surface area contributed by atoms with Gasteiger partial charge >= 0.3 is 5.97 Å². The molecule has 0 aliphatic heterocycles. The Balaban J connectivity index is 2.03. The van der Waals surface area contributed by atoms with Crippen LogP contribution in [0, 0.1) is 5.82 Å². The fourth-order valence-electron chi connectivity index (χ4n) is 1.61. The number of halogens is 1. The molecule has 1 heterocycles. The molecule has 104 valence electrons. The molecule has 0 saturated heterocycles. The number of aromatic nitrogens is 1. The van der Waals surface area contributed by atoms with Gasteiger partial charge < -0.3 is 9.47 Å². The van der Waals surface area contributed by atoms with Gasteiger partial charge in [0.2, 0.25) is 5.88 Å². The van der Waals surface area contributed by atoms with Crippen LogP contribution in [0.3, 0.4) is 0 Å². The normalized spacial score (nSPS) is 10.1. The number of carbonyl (C=O) groups excluding carboxylic acids is 1. The number of hydrogen-bond acceptors (Lipinski definition) is 4. The first-order valence-electron chi connectivity index (χ1n) is 6.20. The van der Waals surface area contributed by atoms with Gasteiger partial charge in [-0.3, -0.25) is 0 Å². The zero-order chi connectivity index (χ0) is 14.4. The molecule has 0 N–H and O–H groups in total. The summed E-state index contributed by atoms with van der Waals surface area (Å²) >= 11 is 0. The molecule has 4 nitrogen and oxygen atoms in total. The summed E-state index contributed by atoms with van der Waals surface area (Å²) in [6.45, 7) is 2.29. The monoisotopic (exact) mass is 275 g/mol. The number of nitrogens with zero attached hydrogens (tertiary/aromatic N) is 1. The van der Waals surface area contributed by atoms with Crippen LogP contribution in [-0.2, 0) is 11.3 Å². The van der Waals surface area contributed by atoms with Gasteiger partial charge in [-0.05, 0) is 36.8 Å². The van der Waals surface area contributed by atoms with Crippen molar-refractivity contribution in [3.8, 4) is 5.88 Å². The number of esters is 1. The second kappa shape index (κ2) is 6.65. The summed E-state index contributed by atoms with van der Waals surface area (Å²) in [6, 6.07) is 8.99. The average molecular weight is 275 g/mol. The molecule has 0 aliphatic carbocycles. The predicted octanol–water partition coefficient (Wildman–Crippen LogP) is 2.98. The first kappa shape index (κ1) is 14.0. The molecule has 5 heteroatoms. The maximum atomic E-state index is 12.8. The van der Waals surface area contributed by atoms with Crippen molar-refractivity contribution in [2.75, 3.05) is 6.61 Å². The van der Waals surface area contributed by atoms with Gasteiger partial charge in [-0.25, -0.2) is 14.2 Å². The first-order valence-corrected chi connectivity index (χ1v) is 6.20. The molecule has 2 aromatic rings. The molecule has 20 heavy (non-hydrogen) atoms. The van der Waals surface area contributed by atoms with Crippen molar-refractivity contribution in [2.24, 2.45) is 0 Å².